The predicted octanol–water partition coefficient (Wildman–Crippen LogP) is 1.79. The second-order valence-corrected chi connectivity index (χ2v) is 3.23. The Morgan fingerprint density at radius 1 is 1.83 bits per heavy atom. The summed E-state index contributed by atoms with van der Waals surface area (Å²) in [6.07, 6.45) is 6.64. The molecule has 2 nitrogen and oxygen atoms in total. The highest BCUT2D eigenvalue weighted by Gasteiger charge is 2.12. The van der Waals surface area contributed by atoms with Crippen LogP contribution in [0.1, 0.15) is 26.2 Å². The van der Waals surface area contributed by atoms with Crippen molar-refractivity contribution >= 4 is 5.91 Å². The molecule has 1 rings (SSSR count). The summed E-state index contributed by atoms with van der Waals surface area (Å²) in [6, 6.07) is 0.319. The fraction of sp³-hybridized carbons (Fsp3) is 0.500. The maximum atomic E-state index is 10.9. The summed E-state index contributed by atoms with van der Waals surface area (Å²) in [4.78, 5) is 10.9. The summed E-state index contributed by atoms with van der Waals surface area (Å²) in [5.41, 5.74) is 1.43. The van der Waals surface area contributed by atoms with Crippen LogP contribution in [0.5, 0.6) is 0 Å². The first-order valence-corrected chi connectivity index (χ1v) is 4.31. The summed E-state index contributed by atoms with van der Waals surface area (Å²) >= 11 is 0. The molecule has 1 unspecified atom stereocenters. The summed E-state index contributed by atoms with van der Waals surface area (Å²) < 4.78 is 0. The molecule has 0 spiro atoms. The Hall–Kier alpha value is -1.05. The quantitative estimate of drug-likeness (QED) is 0.490. The zero-order chi connectivity index (χ0) is 8.97. The van der Waals surface area contributed by atoms with Crippen LogP contribution in [0.3, 0.4) is 0 Å². The van der Waals surface area contributed by atoms with Crippen LogP contribution in [0.4, 0.5) is 0 Å². The fourth-order valence-electron chi connectivity index (χ4n) is 1.36. The molecule has 0 aromatic heterocycles. The molecule has 0 heterocycles. The van der Waals surface area contributed by atoms with Gasteiger partial charge in [0, 0.05) is 6.04 Å². The minimum Gasteiger partial charge on any atom is -0.350 e. The van der Waals surface area contributed by atoms with E-state index in [0.717, 1.165) is 19.3 Å². The van der Waals surface area contributed by atoms with Gasteiger partial charge in [0.25, 0.3) is 0 Å². The average Bonchev–Trinajstić information content (AvgIpc) is 2.09. The Balaban J connectivity index is 2.36. The highest BCUT2D eigenvalue weighted by Crippen LogP contribution is 2.16. The molecule has 0 aromatic rings. The lowest BCUT2D eigenvalue weighted by Gasteiger charge is -2.20. The molecule has 0 saturated carbocycles. The molecular formula is C10H15NO. The maximum absolute atomic E-state index is 10.9. The lowest BCUT2D eigenvalue weighted by Crippen LogP contribution is -2.34. The predicted molar refractivity (Wildman–Crippen MR) is 49.7 cm³/mol. The first kappa shape index (κ1) is 9.04. The van der Waals surface area contributed by atoms with Gasteiger partial charge < -0.3 is 5.32 Å². The van der Waals surface area contributed by atoms with E-state index in [0.29, 0.717) is 6.04 Å². The van der Waals surface area contributed by atoms with Crippen molar-refractivity contribution < 1.29 is 4.79 Å². The molecule has 0 aliphatic heterocycles. The Bertz CT molecular complexity index is 218. The highest BCUT2D eigenvalue weighted by atomic mass is 16.1. The molecule has 0 bridgehead atoms. The van der Waals surface area contributed by atoms with Crippen LogP contribution in [-0.4, -0.2) is 11.9 Å². The van der Waals surface area contributed by atoms with Crippen molar-refractivity contribution in [3.63, 3.8) is 0 Å². The second-order valence-electron chi connectivity index (χ2n) is 3.23. The van der Waals surface area contributed by atoms with Gasteiger partial charge in [-0.3, -0.25) is 4.79 Å². The van der Waals surface area contributed by atoms with E-state index < -0.39 is 0 Å². The Morgan fingerprint density at radius 3 is 3.08 bits per heavy atom. The normalized spacial score (nSPS) is 22.8. The third kappa shape index (κ3) is 2.53. The van der Waals surface area contributed by atoms with E-state index in [9.17, 15) is 4.79 Å². The van der Waals surface area contributed by atoms with Gasteiger partial charge in [0.05, 0.1) is 0 Å². The zero-order valence-corrected chi connectivity index (χ0v) is 7.47. The number of hydrogen-bond acceptors (Lipinski definition) is 1. The number of allylic oxidation sites excluding steroid dienone is 1. The van der Waals surface area contributed by atoms with Crippen LogP contribution in [0.2, 0.25) is 0 Å². The molecule has 1 amide bonds. The Morgan fingerprint density at radius 2 is 2.58 bits per heavy atom. The van der Waals surface area contributed by atoms with E-state index in [-0.39, 0.29) is 5.91 Å². The van der Waals surface area contributed by atoms with E-state index in [4.69, 9.17) is 0 Å². The summed E-state index contributed by atoms with van der Waals surface area (Å²) in [5.74, 6) is -0.0621. The van der Waals surface area contributed by atoms with Gasteiger partial charge in [-0.05, 0) is 32.3 Å². The van der Waals surface area contributed by atoms with Crippen molar-refractivity contribution in [3.8, 4) is 0 Å². The van der Waals surface area contributed by atoms with Gasteiger partial charge in [0.2, 0.25) is 5.91 Å². The molecule has 0 radical (unpaired) electrons. The van der Waals surface area contributed by atoms with E-state index in [1.165, 1.54) is 11.6 Å². The molecule has 2 heteroatoms. The van der Waals surface area contributed by atoms with E-state index >= 15 is 0 Å². The Labute approximate surface area is 73.4 Å². The van der Waals surface area contributed by atoms with Crippen LogP contribution in [0, 0.1) is 0 Å². The average molecular weight is 165 g/mol. The number of carbonyl (C=O) groups excluding carboxylic acids is 1. The van der Waals surface area contributed by atoms with Crippen LogP contribution in [-0.2, 0) is 4.79 Å². The first-order valence-electron chi connectivity index (χ1n) is 4.31. The van der Waals surface area contributed by atoms with Gasteiger partial charge in [-0.1, -0.05) is 18.2 Å². The van der Waals surface area contributed by atoms with Crippen molar-refractivity contribution in [1.82, 2.24) is 5.32 Å². The molecule has 0 saturated heterocycles. The van der Waals surface area contributed by atoms with Crippen LogP contribution >= 0.6 is 0 Å². The Kier molecular flexibility index (Phi) is 3.09. The zero-order valence-electron chi connectivity index (χ0n) is 7.47. The number of nitrogens with one attached hydrogen (secondary N) is 1. The molecule has 1 aliphatic carbocycles. The standard InChI is InChI=1S/C10H15NO/c1-3-10(12)11-9-6-4-8(2)5-7-9/h3-4,9H,1,5-7H2,2H3,(H,11,12). The SMILES string of the molecule is C=CC(=O)NC1CC=C(C)CC1. The molecule has 0 fully saturated rings. The molecule has 0 aromatic carbocycles. The lowest BCUT2D eigenvalue weighted by atomic mass is 9.96. The third-order valence-corrected chi connectivity index (χ3v) is 2.17. The lowest BCUT2D eigenvalue weighted by molar-refractivity contribution is -0.117. The minimum atomic E-state index is -0.0621. The number of hydrogen-bond donors (Lipinski definition) is 1. The van der Waals surface area contributed by atoms with E-state index in [1.807, 2.05) is 0 Å². The van der Waals surface area contributed by atoms with Crippen molar-refractivity contribution in [3.05, 3.63) is 24.3 Å². The molecule has 12 heavy (non-hydrogen) atoms. The largest absolute Gasteiger partial charge is 0.350 e. The van der Waals surface area contributed by atoms with Crippen molar-refractivity contribution in [1.29, 1.82) is 0 Å². The van der Waals surface area contributed by atoms with E-state index in [1.54, 1.807) is 0 Å². The number of amides is 1. The topological polar surface area (TPSA) is 29.1 Å². The monoisotopic (exact) mass is 165 g/mol. The van der Waals surface area contributed by atoms with Gasteiger partial charge in [0.1, 0.15) is 0 Å². The summed E-state index contributed by atoms with van der Waals surface area (Å²) in [5, 5.41) is 2.89. The second kappa shape index (κ2) is 4.10. The van der Waals surface area contributed by atoms with Gasteiger partial charge >= 0.3 is 0 Å². The minimum absolute atomic E-state index is 0.0621. The van der Waals surface area contributed by atoms with E-state index in [2.05, 4.69) is 24.9 Å². The molecule has 66 valence electrons. The number of carbonyl (C=O) groups is 1. The van der Waals surface area contributed by atoms with Crippen LogP contribution in [0.15, 0.2) is 24.3 Å². The maximum Gasteiger partial charge on any atom is 0.243 e. The summed E-state index contributed by atoms with van der Waals surface area (Å²) in [6.45, 7) is 5.54. The van der Waals surface area contributed by atoms with Gasteiger partial charge in [-0.25, -0.2) is 0 Å². The summed E-state index contributed by atoms with van der Waals surface area (Å²) in [7, 11) is 0. The van der Waals surface area contributed by atoms with Gasteiger partial charge in [-0.2, -0.15) is 0 Å². The molecule has 1 aliphatic rings. The van der Waals surface area contributed by atoms with Crippen molar-refractivity contribution in [2.75, 3.05) is 0 Å². The van der Waals surface area contributed by atoms with Crippen LogP contribution in [0.25, 0.3) is 0 Å². The molecule has 1 atom stereocenters. The molecule has 1 N–H and O–H groups in total. The first-order chi connectivity index (χ1) is 5.72. The van der Waals surface area contributed by atoms with Crippen LogP contribution < -0.4 is 5.32 Å². The fourth-order valence-corrected chi connectivity index (χ4v) is 1.36. The smallest absolute Gasteiger partial charge is 0.243 e. The highest BCUT2D eigenvalue weighted by molar-refractivity contribution is 5.87. The van der Waals surface area contributed by atoms with Gasteiger partial charge in [-0.15, -0.1) is 0 Å². The van der Waals surface area contributed by atoms with Gasteiger partial charge in [0.15, 0.2) is 0 Å². The number of rotatable bonds is 2. The molecular weight excluding hydrogens is 150 g/mol. The van der Waals surface area contributed by atoms with Crippen molar-refractivity contribution in [2.24, 2.45) is 0 Å². The third-order valence-electron chi connectivity index (χ3n) is 2.17. The van der Waals surface area contributed by atoms with Crippen molar-refractivity contribution in [2.45, 2.75) is 32.2 Å².